The van der Waals surface area contributed by atoms with E-state index >= 15 is 0 Å². The number of hydrogen-bond acceptors (Lipinski definition) is 3. The molecule has 3 aromatic rings. The lowest BCUT2D eigenvalue weighted by molar-refractivity contribution is 0.0647. The van der Waals surface area contributed by atoms with Crippen LogP contribution in [0, 0.1) is 6.57 Å². The molecular weight excluding hydrogens is 448 g/mol. The fourth-order valence-corrected chi connectivity index (χ4v) is 6.03. The molecule has 33 heavy (non-hydrogen) atoms. The second-order valence-corrected chi connectivity index (χ2v) is 10.2. The molecule has 0 spiro atoms. The second kappa shape index (κ2) is 10.2. The molecule has 1 heterocycles. The van der Waals surface area contributed by atoms with E-state index in [-0.39, 0.29) is 12.1 Å². The Kier molecular flexibility index (Phi) is 6.92. The third-order valence-electron chi connectivity index (χ3n) is 6.61. The Balaban J connectivity index is 1.36. The van der Waals surface area contributed by atoms with Gasteiger partial charge in [0.2, 0.25) is 0 Å². The Labute approximate surface area is 205 Å². The molecule has 0 aromatic heterocycles. The third-order valence-corrected chi connectivity index (χ3v) is 7.91. The topological polar surface area (TPSA) is 16.8 Å². The molecule has 0 radical (unpaired) electrons. The monoisotopic (exact) mass is 474 g/mol. The highest BCUT2D eigenvalue weighted by molar-refractivity contribution is 7.98. The van der Waals surface area contributed by atoms with Gasteiger partial charge in [-0.3, -0.25) is 4.90 Å². The molecule has 0 unspecified atom stereocenters. The standard InChI is InChI=1S/C28H27ClN2OS/c1-30-26-17-21(29)16-25-24(26)18-27(31-14-6-3-7-15-31)28(25)32-22-10-12-23(13-11-22)33-19-20-8-4-2-5-9-20/h2,4-5,8-13,16-17,27-28H,3,6-7,14-15,18-19H2/t27-,28-/m0/s1. The van der Waals surface area contributed by atoms with Gasteiger partial charge in [0.05, 0.1) is 12.6 Å². The summed E-state index contributed by atoms with van der Waals surface area (Å²) in [6, 6.07) is 23.0. The summed E-state index contributed by atoms with van der Waals surface area (Å²) in [5.74, 6) is 1.81. The van der Waals surface area contributed by atoms with Crippen molar-refractivity contribution in [2.24, 2.45) is 0 Å². The summed E-state index contributed by atoms with van der Waals surface area (Å²) in [5.41, 5.74) is 4.16. The van der Waals surface area contributed by atoms with Gasteiger partial charge in [0.25, 0.3) is 0 Å². The lowest BCUT2D eigenvalue weighted by Gasteiger charge is -2.36. The minimum Gasteiger partial charge on any atom is -0.484 e. The van der Waals surface area contributed by atoms with E-state index in [1.54, 1.807) is 6.07 Å². The molecule has 1 aliphatic carbocycles. The molecule has 0 amide bonds. The Morgan fingerprint density at radius 1 is 1.00 bits per heavy atom. The molecule has 1 saturated heterocycles. The fraction of sp³-hybridized carbons (Fsp3) is 0.321. The number of benzene rings is 3. The molecule has 2 aliphatic rings. The van der Waals surface area contributed by atoms with Crippen LogP contribution in [0.25, 0.3) is 4.85 Å². The highest BCUT2D eigenvalue weighted by atomic mass is 35.5. The summed E-state index contributed by atoms with van der Waals surface area (Å²) in [6.45, 7) is 9.82. The number of hydrogen-bond donors (Lipinski definition) is 0. The molecule has 1 fully saturated rings. The molecule has 1 aliphatic heterocycles. The van der Waals surface area contributed by atoms with Crippen molar-refractivity contribution in [1.29, 1.82) is 0 Å². The lowest BCUT2D eigenvalue weighted by atomic mass is 10.0. The average Bonchev–Trinajstić information content (AvgIpc) is 3.22. The van der Waals surface area contributed by atoms with Gasteiger partial charge in [-0.25, -0.2) is 4.85 Å². The zero-order valence-electron chi connectivity index (χ0n) is 18.5. The average molecular weight is 475 g/mol. The third kappa shape index (κ3) is 5.06. The number of piperidine rings is 1. The van der Waals surface area contributed by atoms with E-state index in [1.165, 1.54) is 29.7 Å². The summed E-state index contributed by atoms with van der Waals surface area (Å²) in [7, 11) is 0. The summed E-state index contributed by atoms with van der Waals surface area (Å²) in [5, 5.41) is 0.611. The SMILES string of the molecule is [C-]#[N+]c1cc(Cl)cc2c1C[C@H](N1CCCCC1)[C@H]2Oc1ccc(SCc2ccccc2)cc1. The van der Waals surface area contributed by atoms with Crippen LogP contribution >= 0.6 is 23.4 Å². The highest BCUT2D eigenvalue weighted by Gasteiger charge is 2.39. The van der Waals surface area contributed by atoms with Crippen molar-refractivity contribution in [1.82, 2.24) is 4.90 Å². The van der Waals surface area contributed by atoms with Crippen molar-refractivity contribution < 1.29 is 4.74 Å². The van der Waals surface area contributed by atoms with Gasteiger partial charge >= 0.3 is 0 Å². The van der Waals surface area contributed by atoms with Crippen molar-refractivity contribution in [3.8, 4) is 5.75 Å². The van der Waals surface area contributed by atoms with Crippen molar-refractivity contribution >= 4 is 29.1 Å². The number of likely N-dealkylation sites (tertiary alicyclic amines) is 1. The molecule has 168 valence electrons. The summed E-state index contributed by atoms with van der Waals surface area (Å²) >= 11 is 8.23. The Morgan fingerprint density at radius 3 is 2.48 bits per heavy atom. The van der Waals surface area contributed by atoms with Crippen molar-refractivity contribution in [2.45, 2.75) is 48.5 Å². The molecule has 0 saturated carbocycles. The van der Waals surface area contributed by atoms with Crippen LogP contribution in [-0.4, -0.2) is 24.0 Å². The zero-order valence-corrected chi connectivity index (χ0v) is 20.1. The number of fused-ring (bicyclic) bond motifs is 1. The predicted octanol–water partition coefficient (Wildman–Crippen LogP) is 7.71. The Hall–Kier alpha value is -2.45. The van der Waals surface area contributed by atoms with E-state index in [0.717, 1.165) is 42.1 Å². The van der Waals surface area contributed by atoms with Crippen molar-refractivity contribution in [3.05, 3.63) is 99.9 Å². The Bertz CT molecular complexity index is 1140. The smallest absolute Gasteiger partial charge is 0.192 e. The van der Waals surface area contributed by atoms with Crippen LogP contribution in [-0.2, 0) is 12.2 Å². The van der Waals surface area contributed by atoms with Gasteiger partial charge in [-0.1, -0.05) is 48.4 Å². The van der Waals surface area contributed by atoms with Gasteiger partial charge < -0.3 is 4.74 Å². The molecule has 0 bridgehead atoms. The first-order valence-corrected chi connectivity index (χ1v) is 12.9. The van der Waals surface area contributed by atoms with E-state index in [0.29, 0.717) is 10.7 Å². The van der Waals surface area contributed by atoms with E-state index in [9.17, 15) is 0 Å². The van der Waals surface area contributed by atoms with Crippen LogP contribution in [0.4, 0.5) is 5.69 Å². The summed E-state index contributed by atoms with van der Waals surface area (Å²) < 4.78 is 6.63. The molecule has 5 heteroatoms. The highest BCUT2D eigenvalue weighted by Crippen LogP contribution is 2.44. The van der Waals surface area contributed by atoms with Gasteiger partial charge in [-0.05, 0) is 85.4 Å². The van der Waals surface area contributed by atoms with Crippen LogP contribution in [0.3, 0.4) is 0 Å². The first-order chi connectivity index (χ1) is 16.2. The normalized spacial score (nSPS) is 20.2. The van der Waals surface area contributed by atoms with Crippen molar-refractivity contribution in [2.75, 3.05) is 13.1 Å². The minimum absolute atomic E-state index is 0.111. The van der Waals surface area contributed by atoms with Crippen LogP contribution in [0.2, 0.25) is 5.02 Å². The maximum Gasteiger partial charge on any atom is 0.192 e. The summed E-state index contributed by atoms with van der Waals surface area (Å²) in [4.78, 5) is 7.55. The van der Waals surface area contributed by atoms with Crippen molar-refractivity contribution in [3.63, 3.8) is 0 Å². The number of halogens is 1. The quantitative estimate of drug-likeness (QED) is 0.269. The maximum absolute atomic E-state index is 7.64. The number of ether oxygens (including phenoxy) is 1. The first kappa shape index (κ1) is 22.3. The second-order valence-electron chi connectivity index (χ2n) is 8.76. The molecule has 5 rings (SSSR count). The van der Waals surface area contributed by atoms with Crippen LogP contribution in [0.15, 0.2) is 71.6 Å². The molecule has 3 aromatic carbocycles. The number of nitrogens with zero attached hydrogens (tertiary/aromatic N) is 2. The van der Waals surface area contributed by atoms with E-state index in [1.807, 2.05) is 23.9 Å². The van der Waals surface area contributed by atoms with E-state index < -0.39 is 0 Å². The minimum atomic E-state index is -0.111. The van der Waals surface area contributed by atoms with Gasteiger partial charge in [-0.2, -0.15) is 0 Å². The predicted molar refractivity (Wildman–Crippen MR) is 136 cm³/mol. The molecule has 2 atom stereocenters. The van der Waals surface area contributed by atoms with Crippen LogP contribution in [0.5, 0.6) is 5.75 Å². The van der Waals surface area contributed by atoms with Gasteiger partial charge in [0.15, 0.2) is 5.69 Å². The molecule has 0 N–H and O–H groups in total. The van der Waals surface area contributed by atoms with Gasteiger partial charge in [0.1, 0.15) is 11.9 Å². The van der Waals surface area contributed by atoms with Crippen LogP contribution < -0.4 is 4.74 Å². The summed E-state index contributed by atoms with van der Waals surface area (Å²) in [6.07, 6.45) is 4.48. The number of rotatable bonds is 6. The first-order valence-electron chi connectivity index (χ1n) is 11.6. The zero-order chi connectivity index (χ0) is 22.6. The fourth-order valence-electron chi connectivity index (χ4n) is 4.96. The van der Waals surface area contributed by atoms with E-state index in [4.69, 9.17) is 22.9 Å². The van der Waals surface area contributed by atoms with E-state index in [2.05, 4.69) is 58.3 Å². The molecule has 3 nitrogen and oxygen atoms in total. The van der Waals surface area contributed by atoms with Gasteiger partial charge in [-0.15, -0.1) is 11.8 Å². The molecular formula is C28H27ClN2OS. The largest absolute Gasteiger partial charge is 0.484 e. The lowest BCUT2D eigenvalue weighted by Crippen LogP contribution is -2.43. The Morgan fingerprint density at radius 2 is 1.76 bits per heavy atom. The number of thioether (sulfide) groups is 1. The van der Waals surface area contributed by atoms with Gasteiger partial charge in [0, 0.05) is 15.7 Å². The van der Waals surface area contributed by atoms with Crippen LogP contribution in [0.1, 0.15) is 42.1 Å². The maximum atomic E-state index is 7.64.